The quantitative estimate of drug-likeness (QED) is 0.786. The maximum Gasteiger partial charge on any atom is 0.293 e. The number of para-hydroxylation sites is 1. The van der Waals surface area contributed by atoms with E-state index in [9.17, 15) is 9.59 Å². The van der Waals surface area contributed by atoms with Crippen LogP contribution in [-0.2, 0) is 4.79 Å². The zero-order chi connectivity index (χ0) is 16.7. The molecule has 1 aromatic heterocycles. The molecule has 0 fully saturated rings. The summed E-state index contributed by atoms with van der Waals surface area (Å²) >= 11 is 4.94. The molecule has 2 N–H and O–H groups in total. The lowest BCUT2D eigenvalue weighted by molar-refractivity contribution is -0.119. The lowest BCUT2D eigenvalue weighted by Gasteiger charge is -2.10. The van der Waals surface area contributed by atoms with Crippen LogP contribution in [0.25, 0.3) is 0 Å². The number of carbonyl (C=O) groups is 2. The van der Waals surface area contributed by atoms with Crippen LogP contribution in [0, 0.1) is 6.92 Å². The van der Waals surface area contributed by atoms with Crippen molar-refractivity contribution in [2.24, 2.45) is 0 Å². The van der Waals surface area contributed by atoms with E-state index in [1.165, 1.54) is 12.3 Å². The summed E-state index contributed by atoms with van der Waals surface area (Å²) in [5.41, 5.74) is 0.953. The van der Waals surface area contributed by atoms with Crippen LogP contribution in [0.3, 0.4) is 0 Å². The summed E-state index contributed by atoms with van der Waals surface area (Å²) in [5.74, 6) is 0.136. The average Bonchev–Trinajstić information content (AvgIpc) is 3.06. The van der Waals surface area contributed by atoms with Crippen LogP contribution < -0.4 is 15.4 Å². The molecule has 0 atom stereocenters. The predicted octanol–water partition coefficient (Wildman–Crippen LogP) is 1.84. The van der Waals surface area contributed by atoms with E-state index >= 15 is 0 Å². The molecule has 1 aromatic carbocycles. The van der Waals surface area contributed by atoms with E-state index in [1.807, 2.05) is 25.1 Å². The Bertz CT molecular complexity index is 698. The van der Waals surface area contributed by atoms with Gasteiger partial charge in [-0.1, -0.05) is 18.2 Å². The Morgan fingerprint density at radius 1 is 1.22 bits per heavy atom. The van der Waals surface area contributed by atoms with Gasteiger partial charge in [0.1, 0.15) is 12.4 Å². The van der Waals surface area contributed by atoms with Gasteiger partial charge in [-0.15, -0.1) is 0 Å². The number of Topliss-reactive ketones (excluding diaryl/α,β-unsaturated/α-hetero) is 1. The first-order chi connectivity index (χ1) is 11.1. The van der Waals surface area contributed by atoms with Crippen LogP contribution in [0.15, 0.2) is 47.1 Å². The normalized spacial score (nSPS) is 9.96. The van der Waals surface area contributed by atoms with Gasteiger partial charge in [-0.25, -0.2) is 0 Å². The number of ketones is 1. The zero-order valence-electron chi connectivity index (χ0n) is 12.5. The maximum atomic E-state index is 11.8. The molecule has 0 aliphatic rings. The molecule has 7 heteroatoms. The van der Waals surface area contributed by atoms with Crippen LogP contribution in [0.1, 0.15) is 16.1 Å². The highest BCUT2D eigenvalue weighted by molar-refractivity contribution is 7.80. The van der Waals surface area contributed by atoms with E-state index in [0.29, 0.717) is 5.75 Å². The third-order valence-electron chi connectivity index (χ3n) is 2.90. The Balaban J connectivity index is 1.71. The molecule has 0 saturated heterocycles. The Morgan fingerprint density at radius 2 is 2.00 bits per heavy atom. The largest absolute Gasteiger partial charge is 0.485 e. The van der Waals surface area contributed by atoms with E-state index < -0.39 is 5.91 Å². The van der Waals surface area contributed by atoms with Gasteiger partial charge in [-0.2, -0.15) is 0 Å². The number of carbonyl (C=O) groups excluding carboxylic acids is 2. The number of hydrogen-bond donors (Lipinski definition) is 2. The summed E-state index contributed by atoms with van der Waals surface area (Å²) in [5, 5.41) is 5.12. The van der Waals surface area contributed by atoms with Crippen molar-refractivity contribution in [1.82, 2.24) is 10.6 Å². The molecular weight excluding hydrogens is 316 g/mol. The summed E-state index contributed by atoms with van der Waals surface area (Å²) in [6.45, 7) is 1.78. The number of ether oxygens (including phenoxy) is 1. The average molecular weight is 332 g/mol. The molecule has 120 valence electrons. The Labute approximate surface area is 138 Å². The van der Waals surface area contributed by atoms with Gasteiger partial charge in [0.05, 0.1) is 12.8 Å². The first-order valence-electron chi connectivity index (χ1n) is 6.89. The smallest absolute Gasteiger partial charge is 0.293 e. The summed E-state index contributed by atoms with van der Waals surface area (Å²) in [6, 6.07) is 10.5. The van der Waals surface area contributed by atoms with Gasteiger partial charge in [-0.05, 0) is 42.9 Å². The van der Waals surface area contributed by atoms with E-state index in [1.54, 1.807) is 12.1 Å². The number of hydrogen-bond acceptors (Lipinski definition) is 5. The molecule has 2 rings (SSSR count). The molecule has 0 bridgehead atoms. The number of rotatable bonds is 6. The molecular formula is C16H16N2O4S. The second kappa shape index (κ2) is 8.09. The molecule has 1 amide bonds. The van der Waals surface area contributed by atoms with Gasteiger partial charge in [0.2, 0.25) is 0 Å². The summed E-state index contributed by atoms with van der Waals surface area (Å²) in [4.78, 5) is 23.4. The number of benzene rings is 1. The van der Waals surface area contributed by atoms with Crippen LogP contribution in [-0.4, -0.2) is 30.0 Å². The van der Waals surface area contributed by atoms with Gasteiger partial charge in [-0.3, -0.25) is 14.9 Å². The number of amides is 1. The van der Waals surface area contributed by atoms with Crippen LogP contribution in [0.4, 0.5) is 0 Å². The zero-order valence-corrected chi connectivity index (χ0v) is 13.3. The second-order valence-corrected chi connectivity index (χ2v) is 5.12. The number of furan rings is 1. The van der Waals surface area contributed by atoms with Crippen molar-refractivity contribution >= 4 is 29.0 Å². The molecule has 2 aromatic rings. The van der Waals surface area contributed by atoms with Crippen LogP contribution in [0.5, 0.6) is 5.75 Å². The summed E-state index contributed by atoms with van der Waals surface area (Å²) in [7, 11) is 0. The van der Waals surface area contributed by atoms with Crippen LogP contribution >= 0.6 is 12.2 Å². The molecule has 23 heavy (non-hydrogen) atoms. The van der Waals surface area contributed by atoms with Gasteiger partial charge >= 0.3 is 0 Å². The van der Waals surface area contributed by atoms with Gasteiger partial charge in [0.25, 0.3) is 5.91 Å². The fraction of sp³-hybridized carbons (Fsp3) is 0.188. The van der Waals surface area contributed by atoms with E-state index in [0.717, 1.165) is 5.56 Å². The molecule has 0 unspecified atom stereocenters. The predicted molar refractivity (Wildman–Crippen MR) is 88.5 cm³/mol. The molecule has 0 aliphatic heterocycles. The minimum Gasteiger partial charge on any atom is -0.485 e. The van der Waals surface area contributed by atoms with E-state index in [2.05, 4.69) is 10.6 Å². The molecule has 1 heterocycles. The van der Waals surface area contributed by atoms with E-state index in [-0.39, 0.29) is 29.8 Å². The Hall–Kier alpha value is -2.67. The molecule has 0 radical (unpaired) electrons. The SMILES string of the molecule is Cc1ccccc1OCC(=O)CNC(=S)NC(=O)c1ccco1. The fourth-order valence-electron chi connectivity index (χ4n) is 1.72. The first kappa shape index (κ1) is 16.7. The van der Waals surface area contributed by atoms with Crippen LogP contribution in [0.2, 0.25) is 0 Å². The third kappa shape index (κ3) is 5.23. The molecule has 0 spiro atoms. The third-order valence-corrected chi connectivity index (χ3v) is 3.15. The van der Waals surface area contributed by atoms with Crippen molar-refractivity contribution in [3.05, 3.63) is 54.0 Å². The standard InChI is InChI=1S/C16H16N2O4S/c1-11-5-2-3-6-13(11)22-10-12(19)9-17-16(23)18-15(20)14-7-4-8-21-14/h2-8H,9-10H2,1H3,(H2,17,18,20,23). The first-order valence-corrected chi connectivity index (χ1v) is 7.30. The van der Waals surface area contributed by atoms with E-state index in [4.69, 9.17) is 21.4 Å². The summed E-state index contributed by atoms with van der Waals surface area (Å²) < 4.78 is 10.4. The molecule has 0 saturated carbocycles. The highest BCUT2D eigenvalue weighted by Crippen LogP contribution is 2.15. The Morgan fingerprint density at radius 3 is 2.70 bits per heavy atom. The van der Waals surface area contributed by atoms with Gasteiger partial charge in [0.15, 0.2) is 16.7 Å². The Kier molecular flexibility index (Phi) is 5.87. The number of thiocarbonyl (C=S) groups is 1. The highest BCUT2D eigenvalue weighted by atomic mass is 32.1. The van der Waals surface area contributed by atoms with Crippen molar-refractivity contribution in [1.29, 1.82) is 0 Å². The van der Waals surface area contributed by atoms with Crippen molar-refractivity contribution in [3.8, 4) is 5.75 Å². The monoisotopic (exact) mass is 332 g/mol. The second-order valence-electron chi connectivity index (χ2n) is 4.71. The summed E-state index contributed by atoms with van der Waals surface area (Å²) in [6.07, 6.45) is 1.39. The number of nitrogens with one attached hydrogen (secondary N) is 2. The fourth-order valence-corrected chi connectivity index (χ4v) is 1.89. The lowest BCUT2D eigenvalue weighted by Crippen LogP contribution is -2.42. The lowest BCUT2D eigenvalue weighted by atomic mass is 10.2. The maximum absolute atomic E-state index is 11.8. The number of aryl methyl sites for hydroxylation is 1. The van der Waals surface area contributed by atoms with Gasteiger partial charge < -0.3 is 14.5 Å². The minimum absolute atomic E-state index is 0.0385. The molecule has 0 aliphatic carbocycles. The minimum atomic E-state index is -0.476. The van der Waals surface area contributed by atoms with Gasteiger partial charge in [0, 0.05) is 0 Å². The molecule has 6 nitrogen and oxygen atoms in total. The van der Waals surface area contributed by atoms with Crippen molar-refractivity contribution in [2.75, 3.05) is 13.2 Å². The van der Waals surface area contributed by atoms with Crippen molar-refractivity contribution in [2.45, 2.75) is 6.92 Å². The topological polar surface area (TPSA) is 80.6 Å². The van der Waals surface area contributed by atoms with Crippen molar-refractivity contribution < 1.29 is 18.7 Å². The van der Waals surface area contributed by atoms with Crippen molar-refractivity contribution in [3.63, 3.8) is 0 Å². The highest BCUT2D eigenvalue weighted by Gasteiger charge is 2.11.